The van der Waals surface area contributed by atoms with E-state index in [2.05, 4.69) is 227 Å². The van der Waals surface area contributed by atoms with Crippen molar-refractivity contribution in [1.82, 2.24) is 0 Å². The molecule has 0 saturated carbocycles. The van der Waals surface area contributed by atoms with Crippen LogP contribution in [0.2, 0.25) is 0 Å². The van der Waals surface area contributed by atoms with Gasteiger partial charge >= 0.3 is 0 Å². The Labute approximate surface area is 316 Å². The smallest absolute Gasteiger partial charge is 0.0490 e. The highest BCUT2D eigenvalue weighted by atomic mass is 15.1. The quantitative estimate of drug-likeness (QED) is 0.0968. The van der Waals surface area contributed by atoms with Crippen molar-refractivity contribution < 1.29 is 0 Å². The van der Waals surface area contributed by atoms with E-state index in [0.717, 1.165) is 12.1 Å². The molecular weight excluding hydrogens is 639 g/mol. The number of rotatable bonds is 11. The molecule has 0 aliphatic heterocycles. The van der Waals surface area contributed by atoms with E-state index < -0.39 is 0 Å². The van der Waals surface area contributed by atoms with E-state index in [4.69, 9.17) is 0 Å². The van der Waals surface area contributed by atoms with Gasteiger partial charge in [0.25, 0.3) is 0 Å². The van der Waals surface area contributed by atoms with Gasteiger partial charge in [-0.05, 0) is 113 Å². The molecule has 1 unspecified atom stereocenters. The summed E-state index contributed by atoms with van der Waals surface area (Å²) in [6, 6.07) is 61.5. The zero-order valence-electron chi connectivity index (χ0n) is 31.2. The average Bonchev–Trinajstić information content (AvgIpc) is 3.20. The Balaban J connectivity index is 1.04. The Kier molecular flexibility index (Phi) is 10.9. The summed E-state index contributed by atoms with van der Waals surface area (Å²) in [5, 5.41) is 0. The summed E-state index contributed by atoms with van der Waals surface area (Å²) >= 11 is 0. The number of nitrogens with zero attached hydrogens (tertiary/aromatic N) is 1. The minimum atomic E-state index is 0.204. The summed E-state index contributed by atoms with van der Waals surface area (Å²) < 4.78 is 0. The molecule has 7 aromatic rings. The maximum atomic E-state index is 2.35. The zero-order valence-corrected chi connectivity index (χ0v) is 31.2. The molecule has 7 aromatic carbocycles. The molecule has 0 aliphatic carbocycles. The fourth-order valence-electron chi connectivity index (χ4n) is 7.25. The minimum absolute atomic E-state index is 0.204. The molecule has 0 saturated heterocycles. The van der Waals surface area contributed by atoms with Gasteiger partial charge in [0.2, 0.25) is 0 Å². The van der Waals surface area contributed by atoms with Crippen molar-refractivity contribution in [3.63, 3.8) is 0 Å². The number of aryl methyl sites for hydroxylation is 4. The molecule has 0 N–H and O–H groups in total. The summed E-state index contributed by atoms with van der Waals surface area (Å²) in [5.74, 6) is 0.204. The third-order valence-electron chi connectivity index (χ3n) is 10.3. The van der Waals surface area contributed by atoms with Crippen molar-refractivity contribution in [2.45, 2.75) is 40.0 Å². The number of hydrogen-bond acceptors (Lipinski definition) is 1. The molecule has 0 fully saturated rings. The molecule has 260 valence electrons. The molecular formula is C52H47N. The SMILES string of the molecule is CCc1ccccc1C(c1ccc(C=Cc2ccc(C=Cc3ccc(N(c4ccccc4C)c4ccccc4C)cc3)cc2)cc1)c1ccccc1C. The number of para-hydroxylation sites is 2. The van der Waals surface area contributed by atoms with Crippen molar-refractivity contribution in [3.8, 4) is 0 Å². The molecule has 0 aliphatic rings. The van der Waals surface area contributed by atoms with Crippen LogP contribution in [0.3, 0.4) is 0 Å². The predicted octanol–water partition coefficient (Wildman–Crippen LogP) is 14.2. The lowest BCUT2D eigenvalue weighted by molar-refractivity contribution is 0.928. The van der Waals surface area contributed by atoms with Crippen LogP contribution < -0.4 is 4.90 Å². The predicted molar refractivity (Wildman–Crippen MR) is 229 cm³/mol. The van der Waals surface area contributed by atoms with Gasteiger partial charge in [-0.1, -0.05) is 177 Å². The molecule has 0 spiro atoms. The van der Waals surface area contributed by atoms with Crippen LogP contribution in [0.25, 0.3) is 24.3 Å². The second-order valence-electron chi connectivity index (χ2n) is 13.8. The number of benzene rings is 7. The second kappa shape index (κ2) is 16.4. The minimum Gasteiger partial charge on any atom is -0.310 e. The molecule has 0 aromatic heterocycles. The van der Waals surface area contributed by atoms with Crippen molar-refractivity contribution >= 4 is 41.4 Å². The molecule has 0 amide bonds. The lowest BCUT2D eigenvalue weighted by Crippen LogP contribution is -2.12. The number of hydrogen-bond donors (Lipinski definition) is 0. The van der Waals surface area contributed by atoms with Gasteiger partial charge in [0, 0.05) is 23.0 Å². The highest BCUT2D eigenvalue weighted by molar-refractivity contribution is 5.81. The highest BCUT2D eigenvalue weighted by Crippen LogP contribution is 2.39. The van der Waals surface area contributed by atoms with E-state index in [9.17, 15) is 0 Å². The monoisotopic (exact) mass is 685 g/mol. The molecule has 1 nitrogen and oxygen atoms in total. The molecule has 53 heavy (non-hydrogen) atoms. The van der Waals surface area contributed by atoms with Gasteiger partial charge in [0.1, 0.15) is 0 Å². The van der Waals surface area contributed by atoms with Gasteiger partial charge in [0.15, 0.2) is 0 Å². The fourth-order valence-corrected chi connectivity index (χ4v) is 7.25. The zero-order chi connectivity index (χ0) is 36.6. The Morgan fingerprint density at radius 1 is 0.415 bits per heavy atom. The first-order valence-electron chi connectivity index (χ1n) is 18.7. The molecule has 1 atom stereocenters. The summed E-state index contributed by atoms with van der Waals surface area (Å²) in [6.45, 7) is 8.82. The summed E-state index contributed by atoms with van der Waals surface area (Å²) in [7, 11) is 0. The van der Waals surface area contributed by atoms with Gasteiger partial charge < -0.3 is 4.90 Å². The van der Waals surface area contributed by atoms with E-state index >= 15 is 0 Å². The molecule has 0 heterocycles. The van der Waals surface area contributed by atoms with Crippen molar-refractivity contribution in [3.05, 3.63) is 231 Å². The van der Waals surface area contributed by atoms with Gasteiger partial charge in [-0.3, -0.25) is 0 Å². The molecule has 0 bridgehead atoms. The van der Waals surface area contributed by atoms with Crippen LogP contribution in [-0.4, -0.2) is 0 Å². The van der Waals surface area contributed by atoms with Crippen LogP contribution in [0.15, 0.2) is 170 Å². The van der Waals surface area contributed by atoms with Crippen molar-refractivity contribution in [1.29, 1.82) is 0 Å². The molecule has 7 rings (SSSR count). The number of anilines is 3. The molecule has 1 heteroatoms. The molecule has 0 radical (unpaired) electrons. The Morgan fingerprint density at radius 3 is 1.28 bits per heavy atom. The van der Waals surface area contributed by atoms with Gasteiger partial charge in [-0.2, -0.15) is 0 Å². The highest BCUT2D eigenvalue weighted by Gasteiger charge is 2.21. The van der Waals surface area contributed by atoms with Crippen LogP contribution in [0.5, 0.6) is 0 Å². The maximum Gasteiger partial charge on any atom is 0.0490 e. The Morgan fingerprint density at radius 2 is 0.811 bits per heavy atom. The second-order valence-corrected chi connectivity index (χ2v) is 13.8. The van der Waals surface area contributed by atoms with E-state index in [1.165, 1.54) is 72.6 Å². The first-order chi connectivity index (χ1) is 26.0. The summed E-state index contributed by atoms with van der Waals surface area (Å²) in [5.41, 5.74) is 17.5. The van der Waals surface area contributed by atoms with Crippen LogP contribution >= 0.6 is 0 Å². The van der Waals surface area contributed by atoms with Gasteiger partial charge in [-0.25, -0.2) is 0 Å². The summed E-state index contributed by atoms with van der Waals surface area (Å²) in [4.78, 5) is 2.35. The first-order valence-corrected chi connectivity index (χ1v) is 18.7. The Hall–Kier alpha value is -6.18. The van der Waals surface area contributed by atoms with Crippen LogP contribution in [0.4, 0.5) is 17.1 Å². The van der Waals surface area contributed by atoms with Crippen LogP contribution in [-0.2, 0) is 6.42 Å². The maximum absolute atomic E-state index is 2.35. The Bertz CT molecular complexity index is 2290. The lowest BCUT2D eigenvalue weighted by Gasteiger charge is -2.28. The van der Waals surface area contributed by atoms with E-state index in [1.807, 2.05) is 0 Å². The third kappa shape index (κ3) is 8.16. The van der Waals surface area contributed by atoms with E-state index in [0.29, 0.717) is 0 Å². The lowest BCUT2D eigenvalue weighted by atomic mass is 9.80. The van der Waals surface area contributed by atoms with E-state index in [-0.39, 0.29) is 5.92 Å². The van der Waals surface area contributed by atoms with Crippen LogP contribution in [0, 0.1) is 20.8 Å². The fraction of sp³-hybridized carbons (Fsp3) is 0.115. The van der Waals surface area contributed by atoms with Crippen LogP contribution in [0.1, 0.15) is 74.0 Å². The van der Waals surface area contributed by atoms with Crippen molar-refractivity contribution in [2.75, 3.05) is 4.90 Å². The third-order valence-corrected chi connectivity index (χ3v) is 10.3. The van der Waals surface area contributed by atoms with Crippen molar-refractivity contribution in [2.24, 2.45) is 0 Å². The van der Waals surface area contributed by atoms with Gasteiger partial charge in [-0.15, -0.1) is 0 Å². The van der Waals surface area contributed by atoms with Gasteiger partial charge in [0.05, 0.1) is 0 Å². The summed E-state index contributed by atoms with van der Waals surface area (Å²) in [6.07, 6.45) is 9.79. The topological polar surface area (TPSA) is 3.24 Å². The van der Waals surface area contributed by atoms with E-state index in [1.54, 1.807) is 0 Å². The first kappa shape index (κ1) is 35.2. The average molecular weight is 686 g/mol. The standard InChI is InChI=1S/C52H47N/c1-5-45-17-9-11-19-49(45)52(48-18-10-6-14-38(48)2)46-34-30-43(31-35-46)28-26-41-22-24-42(25-23-41)27-29-44-32-36-47(37-33-44)53(50-20-12-7-15-39(50)3)51-21-13-8-16-40(51)4/h6-37,52H,5H2,1-4H3. The normalized spacial score (nSPS) is 12.0. The largest absolute Gasteiger partial charge is 0.310 e.